The highest BCUT2D eigenvalue weighted by Gasteiger charge is 2.15. The molecule has 5 heteroatoms. The largest absolute Gasteiger partial charge is 0.372 e. The van der Waals surface area contributed by atoms with E-state index in [1.165, 1.54) is 18.5 Å². The summed E-state index contributed by atoms with van der Waals surface area (Å²) in [5.41, 5.74) is 2.13. The Morgan fingerprint density at radius 3 is 2.46 bits per heavy atom. The molecule has 24 heavy (non-hydrogen) atoms. The van der Waals surface area contributed by atoms with Gasteiger partial charge < -0.3 is 20.4 Å². The molecule has 0 aromatic heterocycles. The van der Waals surface area contributed by atoms with Gasteiger partial charge in [0.25, 0.3) is 0 Å². The summed E-state index contributed by atoms with van der Waals surface area (Å²) in [6.07, 6.45) is 3.03. The fourth-order valence-electron chi connectivity index (χ4n) is 2.88. The predicted octanol–water partition coefficient (Wildman–Crippen LogP) is 2.40. The minimum atomic E-state index is 0.0619. The van der Waals surface area contributed by atoms with Gasteiger partial charge in [0.2, 0.25) is 5.91 Å². The standard InChI is InChI=1S/C19H32N4O/c1-16-9-13-23(14-10-16)18-6-4-17(5-7-18)21-19(24)8-11-20-12-15-22(2)3/h4-7,16,20H,8-15H2,1-3H3,(H,21,24). The molecule has 1 saturated heterocycles. The maximum atomic E-state index is 12.0. The number of hydrogen-bond donors (Lipinski definition) is 2. The van der Waals surface area contributed by atoms with E-state index in [0.717, 1.165) is 37.8 Å². The highest BCUT2D eigenvalue weighted by molar-refractivity contribution is 5.91. The first-order chi connectivity index (χ1) is 11.5. The van der Waals surface area contributed by atoms with Crippen LogP contribution in [-0.2, 0) is 4.79 Å². The van der Waals surface area contributed by atoms with Crippen LogP contribution in [0.3, 0.4) is 0 Å². The highest BCUT2D eigenvalue weighted by Crippen LogP contribution is 2.24. The number of anilines is 2. The topological polar surface area (TPSA) is 47.6 Å². The molecule has 0 aliphatic carbocycles. The third-order valence-electron chi connectivity index (χ3n) is 4.56. The van der Waals surface area contributed by atoms with Gasteiger partial charge in [0, 0.05) is 50.5 Å². The SMILES string of the molecule is CC1CCN(c2ccc(NC(=O)CCNCCN(C)C)cc2)CC1. The minimum Gasteiger partial charge on any atom is -0.372 e. The lowest BCUT2D eigenvalue weighted by molar-refractivity contribution is -0.116. The third-order valence-corrected chi connectivity index (χ3v) is 4.56. The van der Waals surface area contributed by atoms with Crippen LogP contribution in [0.5, 0.6) is 0 Å². The van der Waals surface area contributed by atoms with Crippen LogP contribution in [0.1, 0.15) is 26.2 Å². The van der Waals surface area contributed by atoms with Crippen molar-refractivity contribution in [3.05, 3.63) is 24.3 Å². The van der Waals surface area contributed by atoms with Crippen LogP contribution in [0.2, 0.25) is 0 Å². The molecule has 0 unspecified atom stereocenters. The summed E-state index contributed by atoms with van der Waals surface area (Å²) in [6, 6.07) is 8.23. The third kappa shape index (κ3) is 6.49. The Bertz CT molecular complexity index is 493. The van der Waals surface area contributed by atoms with Gasteiger partial charge in [-0.25, -0.2) is 0 Å². The van der Waals surface area contributed by atoms with Crippen molar-refractivity contribution in [2.24, 2.45) is 5.92 Å². The summed E-state index contributed by atoms with van der Waals surface area (Å²) in [5.74, 6) is 0.901. The molecule has 2 rings (SSSR count). The molecule has 134 valence electrons. The van der Waals surface area contributed by atoms with Crippen molar-refractivity contribution in [3.63, 3.8) is 0 Å². The van der Waals surface area contributed by atoms with Crippen LogP contribution < -0.4 is 15.5 Å². The van der Waals surface area contributed by atoms with Crippen molar-refractivity contribution in [2.45, 2.75) is 26.2 Å². The Labute approximate surface area is 146 Å². The van der Waals surface area contributed by atoms with Gasteiger partial charge in [0.05, 0.1) is 0 Å². The average Bonchev–Trinajstić information content (AvgIpc) is 2.56. The fraction of sp³-hybridized carbons (Fsp3) is 0.632. The van der Waals surface area contributed by atoms with Gasteiger partial charge in [-0.1, -0.05) is 6.92 Å². The van der Waals surface area contributed by atoms with Crippen molar-refractivity contribution in [3.8, 4) is 0 Å². The summed E-state index contributed by atoms with van der Waals surface area (Å²) in [6.45, 7) is 7.19. The first-order valence-corrected chi connectivity index (χ1v) is 9.05. The number of carbonyl (C=O) groups is 1. The molecule has 2 N–H and O–H groups in total. The quantitative estimate of drug-likeness (QED) is 0.718. The van der Waals surface area contributed by atoms with E-state index in [0.29, 0.717) is 13.0 Å². The Morgan fingerprint density at radius 2 is 1.83 bits per heavy atom. The number of benzene rings is 1. The summed E-state index contributed by atoms with van der Waals surface area (Å²) >= 11 is 0. The second-order valence-electron chi connectivity index (χ2n) is 7.07. The van der Waals surface area contributed by atoms with Crippen molar-refractivity contribution in [1.29, 1.82) is 0 Å². The Kier molecular flexibility index (Phi) is 7.53. The van der Waals surface area contributed by atoms with Crippen LogP contribution in [0, 0.1) is 5.92 Å². The van der Waals surface area contributed by atoms with Gasteiger partial charge in [-0.2, -0.15) is 0 Å². The summed E-state index contributed by atoms with van der Waals surface area (Å²) in [7, 11) is 4.09. The zero-order valence-electron chi connectivity index (χ0n) is 15.3. The number of amides is 1. The molecule has 1 heterocycles. The first kappa shape index (κ1) is 18.7. The normalized spacial score (nSPS) is 15.8. The molecule has 0 radical (unpaired) electrons. The molecule has 1 fully saturated rings. The van der Waals surface area contributed by atoms with E-state index >= 15 is 0 Å². The van der Waals surface area contributed by atoms with E-state index in [1.54, 1.807) is 0 Å². The molecule has 1 aromatic carbocycles. The van der Waals surface area contributed by atoms with E-state index in [4.69, 9.17) is 0 Å². The Morgan fingerprint density at radius 1 is 1.17 bits per heavy atom. The maximum absolute atomic E-state index is 12.0. The van der Waals surface area contributed by atoms with Crippen LogP contribution in [0.4, 0.5) is 11.4 Å². The maximum Gasteiger partial charge on any atom is 0.225 e. The van der Waals surface area contributed by atoms with Gasteiger partial charge in [0.1, 0.15) is 0 Å². The molecule has 0 saturated carbocycles. The zero-order chi connectivity index (χ0) is 17.4. The molecule has 0 bridgehead atoms. The van der Waals surface area contributed by atoms with E-state index in [2.05, 4.69) is 39.5 Å². The molecular formula is C19H32N4O. The first-order valence-electron chi connectivity index (χ1n) is 9.05. The number of hydrogen-bond acceptors (Lipinski definition) is 4. The molecule has 5 nitrogen and oxygen atoms in total. The second-order valence-corrected chi connectivity index (χ2v) is 7.07. The zero-order valence-corrected chi connectivity index (χ0v) is 15.3. The molecule has 1 amide bonds. The lowest BCUT2D eigenvalue weighted by Crippen LogP contribution is -2.32. The number of nitrogens with one attached hydrogen (secondary N) is 2. The number of carbonyl (C=O) groups excluding carboxylic acids is 1. The smallest absolute Gasteiger partial charge is 0.225 e. The van der Waals surface area contributed by atoms with Gasteiger partial charge in [-0.05, 0) is 57.1 Å². The molecule has 0 atom stereocenters. The Hall–Kier alpha value is -1.59. The van der Waals surface area contributed by atoms with Crippen LogP contribution in [-0.4, -0.2) is 57.6 Å². The van der Waals surface area contributed by atoms with Gasteiger partial charge >= 0.3 is 0 Å². The number of likely N-dealkylation sites (N-methyl/N-ethyl adjacent to an activating group) is 1. The second kappa shape index (κ2) is 9.64. The average molecular weight is 332 g/mol. The lowest BCUT2D eigenvalue weighted by atomic mass is 9.99. The number of nitrogens with zero attached hydrogens (tertiary/aromatic N) is 2. The molecular weight excluding hydrogens is 300 g/mol. The number of rotatable bonds is 8. The lowest BCUT2D eigenvalue weighted by Gasteiger charge is -2.32. The highest BCUT2D eigenvalue weighted by atomic mass is 16.1. The number of piperidine rings is 1. The van der Waals surface area contributed by atoms with E-state index in [9.17, 15) is 4.79 Å². The van der Waals surface area contributed by atoms with Gasteiger partial charge in [0.15, 0.2) is 0 Å². The van der Waals surface area contributed by atoms with Crippen molar-refractivity contribution in [2.75, 3.05) is 57.0 Å². The van der Waals surface area contributed by atoms with Gasteiger partial charge in [-0.3, -0.25) is 4.79 Å². The summed E-state index contributed by atoms with van der Waals surface area (Å²) in [4.78, 5) is 16.5. The Balaban J connectivity index is 1.70. The van der Waals surface area contributed by atoms with Crippen molar-refractivity contribution in [1.82, 2.24) is 10.2 Å². The molecule has 1 aliphatic rings. The van der Waals surface area contributed by atoms with E-state index < -0.39 is 0 Å². The molecule has 1 aliphatic heterocycles. The van der Waals surface area contributed by atoms with Crippen LogP contribution in [0.15, 0.2) is 24.3 Å². The van der Waals surface area contributed by atoms with E-state index in [-0.39, 0.29) is 5.91 Å². The molecule has 0 spiro atoms. The van der Waals surface area contributed by atoms with Crippen LogP contribution in [0.25, 0.3) is 0 Å². The van der Waals surface area contributed by atoms with Crippen molar-refractivity contribution < 1.29 is 4.79 Å². The summed E-state index contributed by atoms with van der Waals surface area (Å²) < 4.78 is 0. The predicted molar refractivity (Wildman–Crippen MR) is 102 cm³/mol. The summed E-state index contributed by atoms with van der Waals surface area (Å²) in [5, 5.41) is 6.25. The van der Waals surface area contributed by atoms with Gasteiger partial charge in [-0.15, -0.1) is 0 Å². The van der Waals surface area contributed by atoms with E-state index in [1.807, 2.05) is 26.2 Å². The monoisotopic (exact) mass is 332 g/mol. The fourth-order valence-corrected chi connectivity index (χ4v) is 2.88. The minimum absolute atomic E-state index is 0.0619. The van der Waals surface area contributed by atoms with Crippen molar-refractivity contribution >= 4 is 17.3 Å². The molecule has 1 aromatic rings. The van der Waals surface area contributed by atoms with Crippen LogP contribution >= 0.6 is 0 Å².